The number of amides is 1. The molecular weight excluding hydrogens is 344 g/mol. The van der Waals surface area contributed by atoms with Crippen LogP contribution >= 0.6 is 0 Å². The lowest BCUT2D eigenvalue weighted by atomic mass is 10.1. The minimum Gasteiger partial charge on any atom is -0.497 e. The highest BCUT2D eigenvalue weighted by Crippen LogP contribution is 2.27. The fourth-order valence-corrected chi connectivity index (χ4v) is 3.19. The van der Waals surface area contributed by atoms with Gasteiger partial charge in [-0.2, -0.15) is 0 Å². The lowest BCUT2D eigenvalue weighted by Crippen LogP contribution is -2.49. The molecule has 1 amide bonds. The molecule has 0 N–H and O–H groups in total. The molecule has 0 spiro atoms. The number of carbonyl (C=O) groups is 1. The number of aromatic nitrogens is 2. The molecule has 1 aliphatic heterocycles. The highest BCUT2D eigenvalue weighted by atomic mass is 16.5. The van der Waals surface area contributed by atoms with Gasteiger partial charge in [0.05, 0.1) is 13.3 Å². The molecule has 1 aliphatic rings. The zero-order valence-corrected chi connectivity index (χ0v) is 15.0. The Morgan fingerprint density at radius 3 is 2.52 bits per heavy atom. The van der Waals surface area contributed by atoms with Gasteiger partial charge in [-0.05, 0) is 36.4 Å². The second kappa shape index (κ2) is 7.49. The van der Waals surface area contributed by atoms with Crippen molar-refractivity contribution in [1.82, 2.24) is 15.0 Å². The van der Waals surface area contributed by atoms with Crippen LogP contribution in [0.2, 0.25) is 0 Å². The summed E-state index contributed by atoms with van der Waals surface area (Å²) in [6.45, 7) is 2.74. The van der Waals surface area contributed by atoms with E-state index >= 15 is 0 Å². The van der Waals surface area contributed by atoms with Gasteiger partial charge >= 0.3 is 0 Å². The largest absolute Gasteiger partial charge is 0.497 e. The van der Waals surface area contributed by atoms with E-state index in [1.165, 1.54) is 6.20 Å². The molecule has 2 aromatic heterocycles. The van der Waals surface area contributed by atoms with Gasteiger partial charge in [0, 0.05) is 37.9 Å². The van der Waals surface area contributed by atoms with E-state index in [9.17, 15) is 4.79 Å². The summed E-state index contributed by atoms with van der Waals surface area (Å²) in [5.74, 6) is 2.10. The third kappa shape index (κ3) is 3.48. The topological polar surface area (TPSA) is 71.7 Å². The molecule has 1 fully saturated rings. The van der Waals surface area contributed by atoms with Crippen molar-refractivity contribution in [2.75, 3.05) is 38.2 Å². The molecule has 138 valence electrons. The first-order valence-corrected chi connectivity index (χ1v) is 8.80. The Hall–Kier alpha value is -3.35. The van der Waals surface area contributed by atoms with Crippen molar-refractivity contribution in [1.29, 1.82) is 0 Å². The van der Waals surface area contributed by atoms with Gasteiger partial charge in [-0.1, -0.05) is 11.2 Å². The number of hydrogen-bond acceptors (Lipinski definition) is 6. The molecule has 1 aromatic carbocycles. The van der Waals surface area contributed by atoms with E-state index in [4.69, 9.17) is 9.26 Å². The SMILES string of the molecule is COc1ccc(-c2oncc2C(=O)N2CCN(c3ccccn3)CC2)cc1. The van der Waals surface area contributed by atoms with Gasteiger partial charge in [-0.25, -0.2) is 4.98 Å². The Morgan fingerprint density at radius 1 is 1.07 bits per heavy atom. The number of pyridine rings is 1. The molecule has 0 unspecified atom stereocenters. The Bertz CT molecular complexity index is 900. The van der Waals surface area contributed by atoms with Crippen molar-refractivity contribution < 1.29 is 14.1 Å². The number of rotatable bonds is 4. The van der Waals surface area contributed by atoms with E-state index in [-0.39, 0.29) is 5.91 Å². The molecule has 7 heteroatoms. The number of piperazine rings is 1. The van der Waals surface area contributed by atoms with Crippen LogP contribution in [0, 0.1) is 0 Å². The summed E-state index contributed by atoms with van der Waals surface area (Å²) >= 11 is 0. The Labute approximate surface area is 157 Å². The Balaban J connectivity index is 1.47. The van der Waals surface area contributed by atoms with Crippen LogP contribution in [-0.2, 0) is 0 Å². The standard InChI is InChI=1S/C20H20N4O3/c1-26-16-7-5-15(6-8-16)19-17(14-22-27-19)20(25)24-12-10-23(11-13-24)18-4-2-3-9-21-18/h2-9,14H,10-13H2,1H3. The molecule has 3 aromatic rings. The molecule has 3 heterocycles. The minimum absolute atomic E-state index is 0.0669. The third-order valence-electron chi connectivity index (χ3n) is 4.69. The maximum Gasteiger partial charge on any atom is 0.259 e. The second-order valence-electron chi connectivity index (χ2n) is 6.26. The monoisotopic (exact) mass is 364 g/mol. The Kier molecular flexibility index (Phi) is 4.74. The molecule has 1 saturated heterocycles. The summed E-state index contributed by atoms with van der Waals surface area (Å²) in [4.78, 5) is 21.4. The fraction of sp³-hybridized carbons (Fsp3) is 0.250. The number of ether oxygens (including phenoxy) is 1. The van der Waals surface area contributed by atoms with E-state index in [0.717, 1.165) is 30.2 Å². The van der Waals surface area contributed by atoms with Crippen LogP contribution in [0.15, 0.2) is 59.4 Å². The highest BCUT2D eigenvalue weighted by Gasteiger charge is 2.26. The molecule has 27 heavy (non-hydrogen) atoms. The molecule has 0 aliphatic carbocycles. The quantitative estimate of drug-likeness (QED) is 0.709. The number of nitrogens with zero attached hydrogens (tertiary/aromatic N) is 4. The average Bonchev–Trinajstić information content (AvgIpc) is 3.24. The number of methoxy groups -OCH3 is 1. The van der Waals surface area contributed by atoms with Gasteiger partial charge in [0.25, 0.3) is 5.91 Å². The van der Waals surface area contributed by atoms with Gasteiger partial charge in [0.1, 0.15) is 17.1 Å². The predicted molar refractivity (Wildman–Crippen MR) is 101 cm³/mol. The number of anilines is 1. The zero-order valence-electron chi connectivity index (χ0n) is 15.0. The summed E-state index contributed by atoms with van der Waals surface area (Å²) in [5.41, 5.74) is 1.27. The van der Waals surface area contributed by atoms with Gasteiger partial charge in [-0.3, -0.25) is 4.79 Å². The van der Waals surface area contributed by atoms with Crippen LogP contribution in [-0.4, -0.2) is 54.2 Å². The van der Waals surface area contributed by atoms with Gasteiger partial charge in [0.2, 0.25) is 0 Å². The van der Waals surface area contributed by atoms with E-state index < -0.39 is 0 Å². The average molecular weight is 364 g/mol. The number of benzene rings is 1. The zero-order chi connectivity index (χ0) is 18.6. The molecule has 0 bridgehead atoms. The van der Waals surface area contributed by atoms with Gasteiger partial charge < -0.3 is 19.1 Å². The number of hydrogen-bond donors (Lipinski definition) is 0. The lowest BCUT2D eigenvalue weighted by Gasteiger charge is -2.35. The van der Waals surface area contributed by atoms with Crippen LogP contribution in [0.25, 0.3) is 11.3 Å². The number of carbonyl (C=O) groups excluding carboxylic acids is 1. The summed E-state index contributed by atoms with van der Waals surface area (Å²) in [7, 11) is 1.61. The van der Waals surface area contributed by atoms with Crippen LogP contribution < -0.4 is 9.64 Å². The first kappa shape index (κ1) is 17.1. The molecular formula is C20H20N4O3. The van der Waals surface area contributed by atoms with Crippen LogP contribution in [0.5, 0.6) is 5.75 Å². The predicted octanol–water partition coefficient (Wildman–Crippen LogP) is 2.71. The molecule has 4 rings (SSSR count). The maximum absolute atomic E-state index is 13.0. The van der Waals surface area contributed by atoms with Crippen LogP contribution in [0.4, 0.5) is 5.82 Å². The maximum atomic E-state index is 13.0. The van der Waals surface area contributed by atoms with Gasteiger partial charge in [0.15, 0.2) is 5.76 Å². The van der Waals surface area contributed by atoms with Gasteiger partial charge in [-0.15, -0.1) is 0 Å². The molecule has 0 radical (unpaired) electrons. The molecule has 7 nitrogen and oxygen atoms in total. The van der Waals surface area contributed by atoms with Crippen molar-refractivity contribution in [3.05, 3.63) is 60.4 Å². The van der Waals surface area contributed by atoms with Crippen LogP contribution in [0.3, 0.4) is 0 Å². The second-order valence-corrected chi connectivity index (χ2v) is 6.26. The summed E-state index contributed by atoms with van der Waals surface area (Å²) in [6, 6.07) is 13.2. The summed E-state index contributed by atoms with van der Waals surface area (Å²) in [5, 5.41) is 3.85. The van der Waals surface area contributed by atoms with Crippen molar-refractivity contribution in [2.45, 2.75) is 0 Å². The lowest BCUT2D eigenvalue weighted by molar-refractivity contribution is 0.0747. The normalized spacial score (nSPS) is 14.3. The minimum atomic E-state index is -0.0669. The fourth-order valence-electron chi connectivity index (χ4n) is 3.19. The van der Waals surface area contributed by atoms with E-state index in [0.29, 0.717) is 24.4 Å². The Morgan fingerprint density at radius 2 is 1.85 bits per heavy atom. The third-order valence-corrected chi connectivity index (χ3v) is 4.69. The summed E-state index contributed by atoms with van der Waals surface area (Å²) < 4.78 is 10.5. The van der Waals surface area contributed by atoms with Crippen molar-refractivity contribution in [3.8, 4) is 17.1 Å². The molecule has 0 atom stereocenters. The van der Waals surface area contributed by atoms with Crippen molar-refractivity contribution in [3.63, 3.8) is 0 Å². The van der Waals surface area contributed by atoms with Crippen LogP contribution in [0.1, 0.15) is 10.4 Å². The van der Waals surface area contributed by atoms with Crippen molar-refractivity contribution >= 4 is 11.7 Å². The molecule has 0 saturated carbocycles. The smallest absolute Gasteiger partial charge is 0.259 e. The van der Waals surface area contributed by atoms with E-state index in [1.54, 1.807) is 13.3 Å². The highest BCUT2D eigenvalue weighted by molar-refractivity contribution is 5.99. The van der Waals surface area contributed by atoms with E-state index in [1.807, 2.05) is 47.4 Å². The first-order valence-electron chi connectivity index (χ1n) is 8.80. The van der Waals surface area contributed by atoms with E-state index in [2.05, 4.69) is 15.0 Å². The first-order chi connectivity index (χ1) is 13.3. The summed E-state index contributed by atoms with van der Waals surface area (Å²) in [6.07, 6.45) is 3.28. The van der Waals surface area contributed by atoms with Crippen molar-refractivity contribution in [2.24, 2.45) is 0 Å².